The number of oxazole rings is 1. The summed E-state index contributed by atoms with van der Waals surface area (Å²) in [6.45, 7) is 0. The van der Waals surface area contributed by atoms with Gasteiger partial charge >= 0.3 is 0 Å². The molecule has 1 atom stereocenters. The van der Waals surface area contributed by atoms with Crippen LogP contribution in [0.1, 0.15) is 12.0 Å². The first-order chi connectivity index (χ1) is 13.7. The molecule has 3 aromatic carbocycles. The SMILES string of the molecule is NC(=O)C(CCc1ccccc1)Oc1ccccc1-c1nc2ccccc2o1. The van der Waals surface area contributed by atoms with Gasteiger partial charge in [0.05, 0.1) is 5.56 Å². The van der Waals surface area contributed by atoms with Crippen molar-refractivity contribution in [1.29, 1.82) is 0 Å². The first-order valence-electron chi connectivity index (χ1n) is 9.15. The van der Waals surface area contributed by atoms with Gasteiger partial charge in [-0.25, -0.2) is 4.98 Å². The first-order valence-corrected chi connectivity index (χ1v) is 9.15. The quantitative estimate of drug-likeness (QED) is 0.523. The smallest absolute Gasteiger partial charge is 0.258 e. The molecule has 1 heterocycles. The van der Waals surface area contributed by atoms with Crippen LogP contribution < -0.4 is 10.5 Å². The summed E-state index contributed by atoms with van der Waals surface area (Å²) < 4.78 is 11.9. The third-order valence-corrected chi connectivity index (χ3v) is 4.54. The molecule has 2 N–H and O–H groups in total. The van der Waals surface area contributed by atoms with Crippen LogP contribution in [0.25, 0.3) is 22.6 Å². The minimum absolute atomic E-state index is 0.447. The molecule has 0 aliphatic heterocycles. The van der Waals surface area contributed by atoms with Crippen LogP contribution in [0.5, 0.6) is 5.75 Å². The highest BCUT2D eigenvalue weighted by Gasteiger charge is 2.21. The molecule has 0 aliphatic carbocycles. The van der Waals surface area contributed by atoms with E-state index in [9.17, 15) is 4.79 Å². The molecule has 0 radical (unpaired) electrons. The molecular formula is C23H20N2O3. The highest BCUT2D eigenvalue weighted by atomic mass is 16.5. The van der Waals surface area contributed by atoms with Gasteiger partial charge < -0.3 is 14.9 Å². The summed E-state index contributed by atoms with van der Waals surface area (Å²) in [5.41, 5.74) is 8.87. The predicted octanol–water partition coefficient (Wildman–Crippen LogP) is 4.36. The standard InChI is InChI=1S/C23H20N2O3/c24-22(26)21(15-14-16-8-2-1-3-9-16)27-19-12-6-4-10-17(19)23-25-18-11-5-7-13-20(18)28-23/h1-13,21H,14-15H2,(H2,24,26). The van der Waals surface area contributed by atoms with Gasteiger partial charge in [-0.3, -0.25) is 4.79 Å². The zero-order valence-electron chi connectivity index (χ0n) is 15.2. The molecule has 5 heteroatoms. The van der Waals surface area contributed by atoms with E-state index in [4.69, 9.17) is 14.9 Å². The van der Waals surface area contributed by atoms with E-state index in [-0.39, 0.29) is 0 Å². The van der Waals surface area contributed by atoms with Crippen molar-refractivity contribution in [3.63, 3.8) is 0 Å². The lowest BCUT2D eigenvalue weighted by molar-refractivity contribution is -0.124. The van der Waals surface area contributed by atoms with Gasteiger partial charge in [0.2, 0.25) is 5.89 Å². The van der Waals surface area contributed by atoms with Crippen molar-refractivity contribution >= 4 is 17.0 Å². The molecule has 4 aromatic rings. The third-order valence-electron chi connectivity index (χ3n) is 4.54. The summed E-state index contributed by atoms with van der Waals surface area (Å²) in [7, 11) is 0. The number of primary amides is 1. The maximum atomic E-state index is 12.0. The van der Waals surface area contributed by atoms with Gasteiger partial charge in [-0.1, -0.05) is 54.6 Å². The highest BCUT2D eigenvalue weighted by Crippen LogP contribution is 2.32. The van der Waals surface area contributed by atoms with Crippen molar-refractivity contribution < 1.29 is 13.9 Å². The average molecular weight is 372 g/mol. The summed E-state index contributed by atoms with van der Waals surface area (Å²) in [6.07, 6.45) is 0.437. The zero-order chi connectivity index (χ0) is 19.3. The number of fused-ring (bicyclic) bond motifs is 1. The van der Waals surface area contributed by atoms with Crippen LogP contribution in [-0.4, -0.2) is 17.0 Å². The lowest BCUT2D eigenvalue weighted by Gasteiger charge is -2.17. The first kappa shape index (κ1) is 17.8. The number of carbonyl (C=O) groups excluding carboxylic acids is 1. The van der Waals surface area contributed by atoms with E-state index in [1.807, 2.05) is 72.8 Å². The number of carbonyl (C=O) groups is 1. The summed E-state index contributed by atoms with van der Waals surface area (Å²) >= 11 is 0. The molecule has 140 valence electrons. The van der Waals surface area contributed by atoms with E-state index in [1.54, 1.807) is 6.07 Å². The van der Waals surface area contributed by atoms with Gasteiger partial charge in [0.15, 0.2) is 11.7 Å². The molecule has 1 unspecified atom stereocenters. The summed E-state index contributed by atoms with van der Waals surface area (Å²) in [4.78, 5) is 16.5. The van der Waals surface area contributed by atoms with Crippen LogP contribution in [0.2, 0.25) is 0 Å². The molecular weight excluding hydrogens is 352 g/mol. The van der Waals surface area contributed by atoms with Gasteiger partial charge in [0, 0.05) is 0 Å². The van der Waals surface area contributed by atoms with Gasteiger partial charge in [-0.2, -0.15) is 0 Å². The Morgan fingerprint density at radius 3 is 2.46 bits per heavy atom. The van der Waals surface area contributed by atoms with Crippen LogP contribution in [0, 0.1) is 0 Å². The van der Waals surface area contributed by atoms with E-state index in [0.29, 0.717) is 35.6 Å². The summed E-state index contributed by atoms with van der Waals surface area (Å²) in [5.74, 6) is 0.470. The second-order valence-electron chi connectivity index (χ2n) is 6.52. The van der Waals surface area contributed by atoms with Crippen LogP contribution in [0.3, 0.4) is 0 Å². The van der Waals surface area contributed by atoms with Crippen LogP contribution in [-0.2, 0) is 11.2 Å². The lowest BCUT2D eigenvalue weighted by Crippen LogP contribution is -2.34. The van der Waals surface area contributed by atoms with Crippen LogP contribution >= 0.6 is 0 Å². The molecule has 28 heavy (non-hydrogen) atoms. The van der Waals surface area contributed by atoms with Crippen molar-refractivity contribution in [1.82, 2.24) is 4.98 Å². The number of aromatic nitrogens is 1. The summed E-state index contributed by atoms with van der Waals surface area (Å²) in [5, 5.41) is 0. The van der Waals surface area contributed by atoms with Crippen molar-refractivity contribution in [2.24, 2.45) is 5.73 Å². The van der Waals surface area contributed by atoms with Crippen LogP contribution in [0.15, 0.2) is 83.3 Å². The van der Waals surface area contributed by atoms with Crippen molar-refractivity contribution in [2.45, 2.75) is 18.9 Å². The molecule has 0 fully saturated rings. The minimum atomic E-state index is -0.745. The maximum Gasteiger partial charge on any atom is 0.258 e. The van der Waals surface area contributed by atoms with Crippen molar-refractivity contribution in [3.05, 3.63) is 84.4 Å². The monoisotopic (exact) mass is 372 g/mol. The van der Waals surface area contributed by atoms with Gasteiger partial charge in [0.1, 0.15) is 11.3 Å². The number of hydrogen-bond acceptors (Lipinski definition) is 4. The fraction of sp³-hybridized carbons (Fsp3) is 0.130. The second-order valence-corrected chi connectivity index (χ2v) is 6.52. The Morgan fingerprint density at radius 2 is 1.68 bits per heavy atom. The Morgan fingerprint density at radius 1 is 0.964 bits per heavy atom. The number of amides is 1. The number of nitrogens with zero attached hydrogens (tertiary/aromatic N) is 1. The van der Waals surface area contributed by atoms with Crippen molar-refractivity contribution in [3.8, 4) is 17.2 Å². The fourth-order valence-electron chi connectivity index (χ4n) is 3.09. The Labute approximate surface area is 162 Å². The van der Waals surface area contributed by atoms with Crippen molar-refractivity contribution in [2.75, 3.05) is 0 Å². The molecule has 5 nitrogen and oxygen atoms in total. The zero-order valence-corrected chi connectivity index (χ0v) is 15.2. The van der Waals surface area contributed by atoms with Crippen LogP contribution in [0.4, 0.5) is 0 Å². The number of ether oxygens (including phenoxy) is 1. The minimum Gasteiger partial charge on any atom is -0.480 e. The van der Waals surface area contributed by atoms with Gasteiger partial charge in [0.25, 0.3) is 5.91 Å². The van der Waals surface area contributed by atoms with Gasteiger partial charge in [-0.05, 0) is 42.7 Å². The Kier molecular flexibility index (Phi) is 5.06. The fourth-order valence-corrected chi connectivity index (χ4v) is 3.09. The Bertz CT molecular complexity index is 1060. The second kappa shape index (κ2) is 7.96. The number of benzene rings is 3. The molecule has 4 rings (SSSR count). The Balaban J connectivity index is 1.58. The molecule has 0 spiro atoms. The number of aryl methyl sites for hydroxylation is 1. The normalized spacial score (nSPS) is 12.0. The molecule has 0 aliphatic rings. The van der Waals surface area contributed by atoms with E-state index in [0.717, 1.165) is 11.1 Å². The molecule has 0 saturated carbocycles. The van der Waals surface area contributed by atoms with E-state index in [1.165, 1.54) is 0 Å². The topological polar surface area (TPSA) is 78.4 Å². The largest absolute Gasteiger partial charge is 0.480 e. The molecule has 0 saturated heterocycles. The number of rotatable bonds is 7. The maximum absolute atomic E-state index is 12.0. The number of hydrogen-bond donors (Lipinski definition) is 1. The predicted molar refractivity (Wildman–Crippen MR) is 108 cm³/mol. The third kappa shape index (κ3) is 3.88. The highest BCUT2D eigenvalue weighted by molar-refractivity contribution is 5.80. The van der Waals surface area contributed by atoms with Gasteiger partial charge in [-0.15, -0.1) is 0 Å². The average Bonchev–Trinajstić information content (AvgIpc) is 3.16. The van der Waals surface area contributed by atoms with E-state index >= 15 is 0 Å². The molecule has 0 bridgehead atoms. The molecule has 1 aromatic heterocycles. The Hall–Kier alpha value is -3.60. The van der Waals surface area contributed by atoms with E-state index < -0.39 is 12.0 Å². The lowest BCUT2D eigenvalue weighted by atomic mass is 10.1. The number of nitrogens with two attached hydrogens (primary N) is 1. The number of para-hydroxylation sites is 3. The van der Waals surface area contributed by atoms with E-state index in [2.05, 4.69) is 4.98 Å². The summed E-state index contributed by atoms with van der Waals surface area (Å²) in [6, 6.07) is 24.9. The molecule has 1 amide bonds.